The Labute approximate surface area is 128 Å². The summed E-state index contributed by atoms with van der Waals surface area (Å²) in [5.74, 6) is 0. The van der Waals surface area contributed by atoms with Crippen LogP contribution >= 0.6 is 0 Å². The van der Waals surface area contributed by atoms with Gasteiger partial charge in [0.25, 0.3) is 5.69 Å². The Balaban J connectivity index is 2.18. The van der Waals surface area contributed by atoms with E-state index in [0.29, 0.717) is 5.56 Å². The van der Waals surface area contributed by atoms with Gasteiger partial charge in [0.2, 0.25) is 10.0 Å². The molecule has 2 rings (SSSR count). The molecule has 8 heteroatoms. The zero-order chi connectivity index (χ0) is 16.2. The number of rotatable bonds is 6. The van der Waals surface area contributed by atoms with Crippen molar-refractivity contribution in [1.29, 1.82) is 0 Å². The summed E-state index contributed by atoms with van der Waals surface area (Å²) in [6.45, 7) is 0.373. The maximum absolute atomic E-state index is 11.9. The third-order valence-electron chi connectivity index (χ3n) is 3.08. The van der Waals surface area contributed by atoms with E-state index in [1.807, 2.05) is 0 Å². The van der Waals surface area contributed by atoms with Gasteiger partial charge in [0, 0.05) is 37.6 Å². The molecule has 0 aliphatic heterocycles. The minimum absolute atomic E-state index is 0.0243. The van der Waals surface area contributed by atoms with Crippen LogP contribution in [-0.2, 0) is 23.1 Å². The molecule has 1 aromatic carbocycles. The molecule has 1 aromatic heterocycles. The number of sulfonamides is 1. The number of benzene rings is 1. The number of nitro groups is 1. The lowest BCUT2D eigenvalue weighted by molar-refractivity contribution is -0.384. The Kier molecular flexibility index (Phi) is 4.84. The molecule has 0 atom stereocenters. The highest BCUT2D eigenvalue weighted by Crippen LogP contribution is 2.16. The fourth-order valence-corrected chi connectivity index (χ4v) is 2.68. The largest absolute Gasteiger partial charge is 0.269 e. The van der Waals surface area contributed by atoms with Crippen LogP contribution in [0.4, 0.5) is 5.69 Å². The molecule has 0 saturated heterocycles. The van der Waals surface area contributed by atoms with Crippen LogP contribution in [-0.4, -0.2) is 28.9 Å². The van der Waals surface area contributed by atoms with Crippen molar-refractivity contribution in [2.24, 2.45) is 0 Å². The third-order valence-corrected chi connectivity index (χ3v) is 4.28. The molecule has 0 saturated carbocycles. The van der Waals surface area contributed by atoms with Crippen LogP contribution in [0.5, 0.6) is 0 Å². The molecule has 0 unspecified atom stereocenters. The topological polar surface area (TPSA) is 93.4 Å². The van der Waals surface area contributed by atoms with Gasteiger partial charge in [-0.1, -0.05) is 12.1 Å². The summed E-state index contributed by atoms with van der Waals surface area (Å²) in [6.07, 6.45) is 4.34. The summed E-state index contributed by atoms with van der Waals surface area (Å²) in [6, 6.07) is 9.33. The average Bonchev–Trinajstić information content (AvgIpc) is 2.47. The van der Waals surface area contributed by atoms with Crippen LogP contribution < -0.4 is 0 Å². The Hall–Kier alpha value is -2.32. The maximum atomic E-state index is 11.9. The third kappa shape index (κ3) is 4.34. The highest BCUT2D eigenvalue weighted by Gasteiger charge is 2.18. The van der Waals surface area contributed by atoms with Gasteiger partial charge in [-0.2, -0.15) is 4.31 Å². The lowest BCUT2D eigenvalue weighted by atomic mass is 10.2. The van der Waals surface area contributed by atoms with E-state index in [0.717, 1.165) is 11.8 Å². The molecule has 1 heterocycles. The highest BCUT2D eigenvalue weighted by molar-refractivity contribution is 7.88. The van der Waals surface area contributed by atoms with Crippen LogP contribution in [0.15, 0.2) is 48.8 Å². The van der Waals surface area contributed by atoms with E-state index >= 15 is 0 Å². The zero-order valence-corrected chi connectivity index (χ0v) is 12.7. The summed E-state index contributed by atoms with van der Waals surface area (Å²) in [4.78, 5) is 14.0. The lowest BCUT2D eigenvalue weighted by Gasteiger charge is -2.20. The van der Waals surface area contributed by atoms with Crippen molar-refractivity contribution >= 4 is 15.7 Å². The molecule has 22 heavy (non-hydrogen) atoms. The van der Waals surface area contributed by atoms with E-state index in [1.54, 1.807) is 36.7 Å². The molecular formula is C14H15N3O4S. The second-order valence-electron chi connectivity index (χ2n) is 4.81. The van der Waals surface area contributed by atoms with Gasteiger partial charge in [0.1, 0.15) is 0 Å². The molecule has 0 bridgehead atoms. The van der Waals surface area contributed by atoms with Crippen molar-refractivity contribution in [3.8, 4) is 0 Å². The number of nitrogens with zero attached hydrogens (tertiary/aromatic N) is 3. The van der Waals surface area contributed by atoms with Gasteiger partial charge in [-0.15, -0.1) is 0 Å². The van der Waals surface area contributed by atoms with Gasteiger partial charge in [0.05, 0.1) is 11.2 Å². The SMILES string of the molecule is CS(=O)(=O)N(Cc1ccncc1)Cc1ccc([N+](=O)[O-])cc1. The summed E-state index contributed by atoms with van der Waals surface area (Å²) in [7, 11) is -3.41. The monoisotopic (exact) mass is 321 g/mol. The van der Waals surface area contributed by atoms with Crippen molar-refractivity contribution in [3.05, 3.63) is 70.0 Å². The van der Waals surface area contributed by atoms with Crippen LogP contribution in [0.1, 0.15) is 11.1 Å². The van der Waals surface area contributed by atoms with Crippen LogP contribution in [0, 0.1) is 10.1 Å². The molecule has 0 N–H and O–H groups in total. The number of pyridine rings is 1. The zero-order valence-electron chi connectivity index (χ0n) is 11.9. The Morgan fingerprint density at radius 2 is 1.55 bits per heavy atom. The number of nitro benzene ring substituents is 1. The fourth-order valence-electron chi connectivity index (χ4n) is 1.91. The van der Waals surface area contributed by atoms with Crippen LogP contribution in [0.25, 0.3) is 0 Å². The predicted molar refractivity (Wildman–Crippen MR) is 81.4 cm³/mol. The maximum Gasteiger partial charge on any atom is 0.269 e. The second kappa shape index (κ2) is 6.63. The molecule has 0 spiro atoms. The van der Waals surface area contributed by atoms with Crippen LogP contribution in [0.2, 0.25) is 0 Å². The van der Waals surface area contributed by atoms with Gasteiger partial charge in [-0.05, 0) is 23.3 Å². The minimum atomic E-state index is -3.41. The van der Waals surface area contributed by atoms with Gasteiger partial charge in [-0.3, -0.25) is 15.1 Å². The van der Waals surface area contributed by atoms with Gasteiger partial charge < -0.3 is 0 Å². The van der Waals surface area contributed by atoms with E-state index in [1.165, 1.54) is 16.4 Å². The lowest BCUT2D eigenvalue weighted by Crippen LogP contribution is -2.29. The highest BCUT2D eigenvalue weighted by atomic mass is 32.2. The van der Waals surface area contributed by atoms with E-state index < -0.39 is 14.9 Å². The number of hydrogen-bond acceptors (Lipinski definition) is 5. The van der Waals surface area contributed by atoms with Crippen LogP contribution in [0.3, 0.4) is 0 Å². The Morgan fingerprint density at radius 3 is 2.00 bits per heavy atom. The van der Waals surface area contributed by atoms with Gasteiger partial charge in [-0.25, -0.2) is 8.42 Å². The second-order valence-corrected chi connectivity index (χ2v) is 6.79. The summed E-state index contributed by atoms with van der Waals surface area (Å²) < 4.78 is 25.1. The molecule has 2 aromatic rings. The Morgan fingerprint density at radius 1 is 1.05 bits per heavy atom. The molecule has 0 amide bonds. The first kappa shape index (κ1) is 16.1. The van der Waals surface area contributed by atoms with E-state index in [4.69, 9.17) is 0 Å². The first-order chi connectivity index (χ1) is 10.4. The average molecular weight is 321 g/mol. The summed E-state index contributed by atoms with van der Waals surface area (Å²) in [5, 5.41) is 10.6. The number of non-ortho nitro benzene ring substituents is 1. The minimum Gasteiger partial charge on any atom is -0.265 e. The van der Waals surface area contributed by atoms with Crippen molar-refractivity contribution in [3.63, 3.8) is 0 Å². The smallest absolute Gasteiger partial charge is 0.265 e. The van der Waals surface area contributed by atoms with Crippen molar-refractivity contribution in [2.75, 3.05) is 6.26 Å². The molecule has 0 radical (unpaired) electrons. The number of hydrogen-bond donors (Lipinski definition) is 0. The van der Waals surface area contributed by atoms with Gasteiger partial charge >= 0.3 is 0 Å². The van der Waals surface area contributed by atoms with E-state index in [-0.39, 0.29) is 18.8 Å². The summed E-state index contributed by atoms with van der Waals surface area (Å²) in [5.41, 5.74) is 1.48. The fraction of sp³-hybridized carbons (Fsp3) is 0.214. The molecular weight excluding hydrogens is 306 g/mol. The standard InChI is InChI=1S/C14H15N3O4S/c1-22(20,21)16(11-13-6-8-15-9-7-13)10-12-2-4-14(5-3-12)17(18)19/h2-9H,10-11H2,1H3. The van der Waals surface area contributed by atoms with Crippen molar-refractivity contribution < 1.29 is 13.3 Å². The normalized spacial score (nSPS) is 11.5. The summed E-state index contributed by atoms with van der Waals surface area (Å²) >= 11 is 0. The van der Waals surface area contributed by atoms with E-state index in [2.05, 4.69) is 4.98 Å². The first-order valence-electron chi connectivity index (χ1n) is 6.43. The molecule has 0 aliphatic carbocycles. The van der Waals surface area contributed by atoms with Crippen molar-refractivity contribution in [1.82, 2.24) is 9.29 Å². The van der Waals surface area contributed by atoms with E-state index in [9.17, 15) is 18.5 Å². The molecule has 116 valence electrons. The Bertz CT molecular complexity index is 745. The molecule has 0 aliphatic rings. The molecule has 7 nitrogen and oxygen atoms in total. The first-order valence-corrected chi connectivity index (χ1v) is 8.28. The predicted octanol–water partition coefficient (Wildman–Crippen LogP) is 1.95. The molecule has 0 fully saturated rings. The van der Waals surface area contributed by atoms with Gasteiger partial charge in [0.15, 0.2) is 0 Å². The quantitative estimate of drug-likeness (QED) is 0.599. The number of aromatic nitrogens is 1. The van der Waals surface area contributed by atoms with Crippen molar-refractivity contribution in [2.45, 2.75) is 13.1 Å².